The molecule has 0 aliphatic carbocycles. The van der Waals surface area contributed by atoms with Crippen LogP contribution < -0.4 is 27.4 Å². The van der Waals surface area contributed by atoms with Crippen molar-refractivity contribution in [3.05, 3.63) is 36.0 Å². The number of nitrogens with two attached hydrogens (primary N) is 2. The number of carbonyl (C=O) groups is 4. The third-order valence-corrected chi connectivity index (χ3v) is 7.61. The topological polar surface area (TPSA) is 192 Å². The van der Waals surface area contributed by atoms with Gasteiger partial charge in [-0.15, -0.1) is 0 Å². The van der Waals surface area contributed by atoms with Crippen LogP contribution in [0.2, 0.25) is 0 Å². The maximum Gasteiger partial charge on any atom is 0.326 e. The van der Waals surface area contributed by atoms with Crippen molar-refractivity contribution in [1.29, 1.82) is 0 Å². The number of nitrogens with one attached hydrogen (secondary N) is 4. The van der Waals surface area contributed by atoms with E-state index in [-0.39, 0.29) is 18.3 Å². The molecule has 0 fully saturated rings. The number of aliphatic carboxylic acids is 1. The molecule has 2 rings (SSSR count). The van der Waals surface area contributed by atoms with E-state index < -0.39 is 47.9 Å². The van der Waals surface area contributed by atoms with Crippen molar-refractivity contribution in [2.45, 2.75) is 90.4 Å². The summed E-state index contributed by atoms with van der Waals surface area (Å²) in [4.78, 5) is 55.0. The predicted octanol–water partition coefficient (Wildman–Crippen LogP) is 1.80. The fourth-order valence-electron chi connectivity index (χ4n) is 4.53. The van der Waals surface area contributed by atoms with Crippen LogP contribution in [0.1, 0.15) is 65.4 Å². The highest BCUT2D eigenvalue weighted by molar-refractivity contribution is 5.95. The second-order valence-electron chi connectivity index (χ2n) is 10.6. The number of benzene rings is 1. The first kappa shape index (κ1) is 32.8. The summed E-state index contributed by atoms with van der Waals surface area (Å²) in [6, 6.07) is 3.71. The molecule has 0 aliphatic heterocycles. The summed E-state index contributed by atoms with van der Waals surface area (Å²) >= 11 is 0. The standard InChI is InChI=1S/C29H46N6O5/c1-5-17(3)24(28(38)35-25(29(39)40)18(4)6-2)34-27(37)23(33-26(36)21(31)12-9-10-14-30)15-19-16-32-22-13-8-7-11-20(19)22/h7-8,11,13,16-18,21,23-25,32H,5-6,9-10,12,14-15,30-31H2,1-4H3,(H,33,36)(H,34,37)(H,35,38)(H,39,40). The van der Waals surface area contributed by atoms with Gasteiger partial charge in [-0.25, -0.2) is 4.79 Å². The largest absolute Gasteiger partial charge is 0.480 e. The highest BCUT2D eigenvalue weighted by atomic mass is 16.4. The van der Waals surface area contributed by atoms with Crippen LogP contribution in [0.4, 0.5) is 0 Å². The van der Waals surface area contributed by atoms with E-state index in [9.17, 15) is 24.3 Å². The summed E-state index contributed by atoms with van der Waals surface area (Å²) in [6.07, 6.45) is 4.92. The molecular weight excluding hydrogens is 512 g/mol. The lowest BCUT2D eigenvalue weighted by Gasteiger charge is -2.29. The minimum atomic E-state index is -1.13. The van der Waals surface area contributed by atoms with Gasteiger partial charge in [0, 0.05) is 23.5 Å². The number of para-hydroxylation sites is 1. The van der Waals surface area contributed by atoms with Gasteiger partial charge in [0.15, 0.2) is 0 Å². The number of unbranched alkanes of at least 4 members (excludes halogenated alkanes) is 1. The molecule has 0 bridgehead atoms. The summed E-state index contributed by atoms with van der Waals surface area (Å²) in [5.74, 6) is -3.33. The van der Waals surface area contributed by atoms with Gasteiger partial charge in [-0.05, 0) is 42.9 Å². The smallest absolute Gasteiger partial charge is 0.326 e. The predicted molar refractivity (Wildman–Crippen MR) is 155 cm³/mol. The Morgan fingerprint density at radius 2 is 1.52 bits per heavy atom. The van der Waals surface area contributed by atoms with E-state index in [0.717, 1.165) is 22.9 Å². The number of hydrogen-bond donors (Lipinski definition) is 7. The summed E-state index contributed by atoms with van der Waals surface area (Å²) < 4.78 is 0. The van der Waals surface area contributed by atoms with Crippen LogP contribution in [0.25, 0.3) is 10.9 Å². The van der Waals surface area contributed by atoms with Crippen molar-refractivity contribution in [3.63, 3.8) is 0 Å². The van der Waals surface area contributed by atoms with Crippen molar-refractivity contribution < 1.29 is 24.3 Å². The molecule has 1 aromatic carbocycles. The lowest BCUT2D eigenvalue weighted by atomic mass is 9.94. The molecule has 1 heterocycles. The minimum Gasteiger partial charge on any atom is -0.480 e. The molecule has 6 atom stereocenters. The van der Waals surface area contributed by atoms with Gasteiger partial charge in [0.25, 0.3) is 0 Å². The van der Waals surface area contributed by atoms with Crippen molar-refractivity contribution in [3.8, 4) is 0 Å². The number of carboxylic acids is 1. The summed E-state index contributed by atoms with van der Waals surface area (Å²) in [7, 11) is 0. The molecule has 0 radical (unpaired) electrons. The molecule has 3 amide bonds. The Balaban J connectivity index is 2.30. The number of hydrogen-bond acceptors (Lipinski definition) is 6. The Kier molecular flexibility index (Phi) is 13.1. The van der Waals surface area contributed by atoms with E-state index in [1.807, 2.05) is 45.0 Å². The summed E-state index contributed by atoms with van der Waals surface area (Å²) in [5, 5.41) is 18.8. The first-order valence-electron chi connectivity index (χ1n) is 14.2. The Morgan fingerprint density at radius 1 is 0.900 bits per heavy atom. The molecule has 0 spiro atoms. The maximum absolute atomic E-state index is 13.7. The third-order valence-electron chi connectivity index (χ3n) is 7.61. The van der Waals surface area contributed by atoms with Gasteiger partial charge in [0.1, 0.15) is 18.1 Å². The lowest BCUT2D eigenvalue weighted by molar-refractivity contribution is -0.144. The molecule has 0 saturated carbocycles. The molecule has 40 heavy (non-hydrogen) atoms. The van der Waals surface area contributed by atoms with Crippen LogP contribution in [-0.4, -0.2) is 64.5 Å². The van der Waals surface area contributed by atoms with E-state index in [1.165, 1.54) is 0 Å². The Labute approximate surface area is 236 Å². The van der Waals surface area contributed by atoms with Gasteiger partial charge in [0.05, 0.1) is 6.04 Å². The van der Waals surface area contributed by atoms with E-state index in [4.69, 9.17) is 11.5 Å². The quantitative estimate of drug-likeness (QED) is 0.144. The molecule has 9 N–H and O–H groups in total. The molecule has 222 valence electrons. The second-order valence-corrected chi connectivity index (χ2v) is 10.6. The molecule has 11 nitrogen and oxygen atoms in total. The normalized spacial score (nSPS) is 15.8. The maximum atomic E-state index is 13.7. The fraction of sp³-hybridized carbons (Fsp3) is 0.586. The zero-order valence-corrected chi connectivity index (χ0v) is 24.0. The van der Waals surface area contributed by atoms with Crippen molar-refractivity contribution in [2.24, 2.45) is 23.3 Å². The Bertz CT molecular complexity index is 1140. The van der Waals surface area contributed by atoms with Crippen LogP contribution in [0.3, 0.4) is 0 Å². The second kappa shape index (κ2) is 16.0. The number of rotatable bonds is 17. The van der Waals surface area contributed by atoms with Gasteiger partial charge in [-0.3, -0.25) is 14.4 Å². The van der Waals surface area contributed by atoms with E-state index >= 15 is 0 Å². The molecule has 0 saturated heterocycles. The number of H-pyrrole nitrogens is 1. The lowest BCUT2D eigenvalue weighted by Crippen LogP contribution is -2.59. The van der Waals surface area contributed by atoms with E-state index in [0.29, 0.717) is 32.2 Å². The molecule has 6 unspecified atom stereocenters. The van der Waals surface area contributed by atoms with Crippen molar-refractivity contribution in [1.82, 2.24) is 20.9 Å². The third kappa shape index (κ3) is 9.06. The van der Waals surface area contributed by atoms with Crippen molar-refractivity contribution >= 4 is 34.6 Å². The van der Waals surface area contributed by atoms with Crippen LogP contribution in [0, 0.1) is 11.8 Å². The average molecular weight is 559 g/mol. The number of aromatic nitrogens is 1. The number of carbonyl (C=O) groups excluding carboxylic acids is 3. The highest BCUT2D eigenvalue weighted by Crippen LogP contribution is 2.20. The molecule has 1 aromatic heterocycles. The van der Waals surface area contributed by atoms with Crippen LogP contribution in [-0.2, 0) is 25.6 Å². The van der Waals surface area contributed by atoms with Crippen LogP contribution >= 0.6 is 0 Å². The van der Waals surface area contributed by atoms with Crippen LogP contribution in [0.15, 0.2) is 30.5 Å². The number of aromatic amines is 1. The average Bonchev–Trinajstić information content (AvgIpc) is 3.35. The Hall–Kier alpha value is -3.44. The Morgan fingerprint density at radius 3 is 2.15 bits per heavy atom. The molecule has 0 aliphatic rings. The van der Waals surface area contributed by atoms with Gasteiger partial charge in [0.2, 0.25) is 17.7 Å². The first-order chi connectivity index (χ1) is 19.0. The van der Waals surface area contributed by atoms with Crippen molar-refractivity contribution in [2.75, 3.05) is 6.54 Å². The number of amides is 3. The highest BCUT2D eigenvalue weighted by Gasteiger charge is 2.34. The molecular formula is C29H46N6O5. The van der Waals surface area contributed by atoms with Gasteiger partial charge in [-0.2, -0.15) is 0 Å². The molecule has 2 aromatic rings. The van der Waals surface area contributed by atoms with Gasteiger partial charge < -0.3 is 37.5 Å². The fourth-order valence-corrected chi connectivity index (χ4v) is 4.53. The minimum absolute atomic E-state index is 0.163. The zero-order valence-electron chi connectivity index (χ0n) is 24.0. The number of fused-ring (bicyclic) bond motifs is 1. The SMILES string of the molecule is CCC(C)C(NC(=O)C(NC(=O)C(Cc1c[nH]c2ccccc12)NC(=O)C(N)CCCCN)C(C)CC)C(=O)O. The summed E-state index contributed by atoms with van der Waals surface area (Å²) in [5.41, 5.74) is 13.4. The van der Waals surface area contributed by atoms with E-state index in [1.54, 1.807) is 13.1 Å². The first-order valence-corrected chi connectivity index (χ1v) is 14.2. The monoisotopic (exact) mass is 558 g/mol. The van der Waals surface area contributed by atoms with E-state index in [2.05, 4.69) is 20.9 Å². The molecule has 11 heteroatoms. The number of carboxylic acid groups (broad SMARTS) is 1. The van der Waals surface area contributed by atoms with Gasteiger partial charge >= 0.3 is 5.97 Å². The van der Waals surface area contributed by atoms with Crippen LogP contribution in [0.5, 0.6) is 0 Å². The zero-order chi connectivity index (χ0) is 29.8. The van der Waals surface area contributed by atoms with Gasteiger partial charge in [-0.1, -0.05) is 65.2 Å². The summed E-state index contributed by atoms with van der Waals surface area (Å²) in [6.45, 7) is 7.79.